The van der Waals surface area contributed by atoms with Crippen molar-refractivity contribution in [2.24, 2.45) is 12.8 Å². The Morgan fingerprint density at radius 2 is 2.05 bits per heavy atom. The number of para-hydroxylation sites is 1. The lowest BCUT2D eigenvalue weighted by molar-refractivity contribution is 0.659. The number of aryl methyl sites for hydroxylation is 2. The van der Waals surface area contributed by atoms with E-state index in [0.29, 0.717) is 13.1 Å². The van der Waals surface area contributed by atoms with Crippen LogP contribution in [0.5, 0.6) is 0 Å². The summed E-state index contributed by atoms with van der Waals surface area (Å²) in [7, 11) is 1.92. The Labute approximate surface area is 122 Å². The number of halogens is 1. The number of hydrogen-bond donors (Lipinski definition) is 1. The molecule has 4 nitrogen and oxygen atoms in total. The van der Waals surface area contributed by atoms with Crippen LogP contribution in [0.15, 0.2) is 30.3 Å². The van der Waals surface area contributed by atoms with Crippen LogP contribution in [-0.2, 0) is 20.1 Å². The van der Waals surface area contributed by atoms with Gasteiger partial charge in [0.15, 0.2) is 0 Å². The van der Waals surface area contributed by atoms with Crippen LogP contribution in [0.3, 0.4) is 0 Å². The molecule has 0 bridgehead atoms. The zero-order valence-corrected chi connectivity index (χ0v) is 12.4. The van der Waals surface area contributed by atoms with Crippen molar-refractivity contribution in [1.29, 1.82) is 0 Å². The minimum Gasteiger partial charge on any atom is -0.337 e. The molecule has 2 aromatic heterocycles. The molecular formula is C15H17ClN4. The molecule has 0 radical (unpaired) electrons. The smallest absolute Gasteiger partial charge is 0.0865 e. The minimum absolute atomic E-state index is 0.503. The van der Waals surface area contributed by atoms with Crippen LogP contribution in [0.1, 0.15) is 17.1 Å². The predicted octanol–water partition coefficient (Wildman–Crippen LogP) is 2.84. The fraction of sp³-hybridized carbons (Fsp3) is 0.267. The first-order chi connectivity index (χ1) is 9.61. The summed E-state index contributed by atoms with van der Waals surface area (Å²) in [6.07, 6.45) is 0. The molecule has 5 heteroatoms. The summed E-state index contributed by atoms with van der Waals surface area (Å²) in [5.41, 5.74) is 10.00. The zero-order chi connectivity index (χ0) is 14.3. The molecule has 0 saturated heterocycles. The Bertz CT molecular complexity index is 770. The van der Waals surface area contributed by atoms with Gasteiger partial charge in [0.05, 0.1) is 23.0 Å². The molecule has 0 spiro atoms. The highest BCUT2D eigenvalue weighted by atomic mass is 35.5. The average Bonchev–Trinajstić information content (AvgIpc) is 2.92. The molecule has 0 aliphatic carbocycles. The first-order valence-electron chi connectivity index (χ1n) is 6.57. The summed E-state index contributed by atoms with van der Waals surface area (Å²) in [6, 6.07) is 10.4. The van der Waals surface area contributed by atoms with E-state index in [1.165, 1.54) is 10.9 Å². The Morgan fingerprint density at radius 1 is 1.30 bits per heavy atom. The van der Waals surface area contributed by atoms with E-state index in [9.17, 15) is 0 Å². The topological polar surface area (TPSA) is 48.8 Å². The Kier molecular flexibility index (Phi) is 3.28. The minimum atomic E-state index is 0.503. The number of aromatic nitrogens is 3. The van der Waals surface area contributed by atoms with Gasteiger partial charge in [-0.05, 0) is 24.4 Å². The van der Waals surface area contributed by atoms with E-state index in [0.717, 1.165) is 22.1 Å². The summed E-state index contributed by atoms with van der Waals surface area (Å²) in [5, 5.41) is 6.29. The molecule has 20 heavy (non-hydrogen) atoms. The van der Waals surface area contributed by atoms with Gasteiger partial charge in [0.25, 0.3) is 0 Å². The van der Waals surface area contributed by atoms with Crippen molar-refractivity contribution >= 4 is 22.5 Å². The van der Waals surface area contributed by atoms with E-state index in [4.69, 9.17) is 17.3 Å². The first kappa shape index (κ1) is 13.2. The van der Waals surface area contributed by atoms with E-state index in [-0.39, 0.29) is 0 Å². The molecule has 2 heterocycles. The highest BCUT2D eigenvalue weighted by Gasteiger charge is 2.14. The van der Waals surface area contributed by atoms with Gasteiger partial charge in [-0.25, -0.2) is 0 Å². The maximum Gasteiger partial charge on any atom is 0.0865 e. The second kappa shape index (κ2) is 4.96. The average molecular weight is 289 g/mol. The first-order valence-corrected chi connectivity index (χ1v) is 6.94. The van der Waals surface area contributed by atoms with Crippen molar-refractivity contribution in [3.05, 3.63) is 52.4 Å². The molecule has 0 aliphatic heterocycles. The Hall–Kier alpha value is -1.78. The summed E-state index contributed by atoms with van der Waals surface area (Å²) in [5.74, 6) is 0. The van der Waals surface area contributed by atoms with Crippen LogP contribution in [0, 0.1) is 6.92 Å². The number of nitrogens with two attached hydrogens (primary N) is 1. The van der Waals surface area contributed by atoms with Gasteiger partial charge < -0.3 is 10.3 Å². The monoisotopic (exact) mass is 288 g/mol. The van der Waals surface area contributed by atoms with Crippen molar-refractivity contribution < 1.29 is 0 Å². The van der Waals surface area contributed by atoms with Crippen LogP contribution < -0.4 is 5.73 Å². The molecule has 3 aromatic rings. The van der Waals surface area contributed by atoms with E-state index in [1.807, 2.05) is 30.8 Å². The molecule has 0 atom stereocenters. The van der Waals surface area contributed by atoms with Gasteiger partial charge in [0, 0.05) is 24.8 Å². The van der Waals surface area contributed by atoms with Crippen LogP contribution in [0.25, 0.3) is 10.9 Å². The fourth-order valence-electron chi connectivity index (χ4n) is 2.63. The van der Waals surface area contributed by atoms with Gasteiger partial charge in [0.2, 0.25) is 0 Å². The molecule has 0 aliphatic rings. The Morgan fingerprint density at radius 3 is 2.70 bits per heavy atom. The summed E-state index contributed by atoms with van der Waals surface area (Å²) >= 11 is 6.35. The third-order valence-corrected chi connectivity index (χ3v) is 4.17. The van der Waals surface area contributed by atoms with Crippen LogP contribution in [-0.4, -0.2) is 14.3 Å². The van der Waals surface area contributed by atoms with Gasteiger partial charge >= 0.3 is 0 Å². The van der Waals surface area contributed by atoms with Crippen LogP contribution in [0.4, 0.5) is 0 Å². The molecule has 0 fully saturated rings. The number of nitrogens with zero attached hydrogens (tertiary/aromatic N) is 3. The quantitative estimate of drug-likeness (QED) is 0.806. The second-order valence-corrected chi connectivity index (χ2v) is 5.33. The molecule has 0 unspecified atom stereocenters. The molecule has 0 saturated carbocycles. The number of hydrogen-bond acceptors (Lipinski definition) is 2. The highest BCUT2D eigenvalue weighted by Crippen LogP contribution is 2.25. The lowest BCUT2D eigenvalue weighted by atomic mass is 10.2. The third-order valence-electron chi connectivity index (χ3n) is 3.68. The second-order valence-electron chi connectivity index (χ2n) is 4.95. The van der Waals surface area contributed by atoms with Crippen molar-refractivity contribution in [2.45, 2.75) is 20.0 Å². The lowest BCUT2D eigenvalue weighted by Crippen LogP contribution is -2.11. The lowest BCUT2D eigenvalue weighted by Gasteiger charge is -2.10. The number of fused-ring (bicyclic) bond motifs is 1. The van der Waals surface area contributed by atoms with E-state index >= 15 is 0 Å². The predicted molar refractivity (Wildman–Crippen MR) is 81.9 cm³/mol. The molecule has 2 N–H and O–H groups in total. The maximum absolute atomic E-state index is 6.35. The van der Waals surface area contributed by atoms with Gasteiger partial charge in [-0.15, -0.1) is 0 Å². The van der Waals surface area contributed by atoms with Crippen LogP contribution >= 0.6 is 11.6 Å². The summed E-state index contributed by atoms with van der Waals surface area (Å²) < 4.78 is 4.05. The fourth-order valence-corrected chi connectivity index (χ4v) is 2.84. The SMILES string of the molecule is Cc1nn(C)c(Cn2c(CN)cc3ccccc32)c1Cl. The van der Waals surface area contributed by atoms with Gasteiger partial charge in [-0.3, -0.25) is 4.68 Å². The largest absolute Gasteiger partial charge is 0.337 e. The number of benzene rings is 1. The summed E-state index contributed by atoms with van der Waals surface area (Å²) in [6.45, 7) is 3.10. The standard InChI is InChI=1S/C15H17ClN4/c1-10-15(16)14(19(2)18-10)9-20-12(8-17)7-11-5-3-4-6-13(11)20/h3-7H,8-9,17H2,1-2H3. The van der Waals surface area contributed by atoms with E-state index in [2.05, 4.69) is 27.9 Å². The van der Waals surface area contributed by atoms with Crippen molar-refractivity contribution in [3.63, 3.8) is 0 Å². The van der Waals surface area contributed by atoms with Crippen molar-refractivity contribution in [2.75, 3.05) is 0 Å². The van der Waals surface area contributed by atoms with E-state index < -0.39 is 0 Å². The Balaban J connectivity index is 2.14. The molecule has 104 valence electrons. The van der Waals surface area contributed by atoms with Crippen molar-refractivity contribution in [1.82, 2.24) is 14.3 Å². The molecule has 1 aromatic carbocycles. The van der Waals surface area contributed by atoms with Gasteiger partial charge in [0.1, 0.15) is 0 Å². The van der Waals surface area contributed by atoms with Crippen LogP contribution in [0.2, 0.25) is 5.02 Å². The third kappa shape index (κ3) is 2.01. The normalized spacial score (nSPS) is 11.4. The molecule has 0 amide bonds. The highest BCUT2D eigenvalue weighted by molar-refractivity contribution is 6.31. The molecular weight excluding hydrogens is 272 g/mol. The number of rotatable bonds is 3. The van der Waals surface area contributed by atoms with Gasteiger partial charge in [-0.1, -0.05) is 29.8 Å². The van der Waals surface area contributed by atoms with Crippen molar-refractivity contribution in [3.8, 4) is 0 Å². The zero-order valence-electron chi connectivity index (χ0n) is 11.6. The van der Waals surface area contributed by atoms with Gasteiger partial charge in [-0.2, -0.15) is 5.10 Å². The van der Waals surface area contributed by atoms with E-state index in [1.54, 1.807) is 0 Å². The summed E-state index contributed by atoms with van der Waals surface area (Å²) in [4.78, 5) is 0. The maximum atomic E-state index is 6.35. The molecule has 3 rings (SSSR count).